The largest absolute Gasteiger partial charge is 0.497 e. The summed E-state index contributed by atoms with van der Waals surface area (Å²) in [5, 5.41) is 3.63. The number of ether oxygens (including phenoxy) is 1. The molecule has 0 aliphatic heterocycles. The predicted octanol–water partition coefficient (Wildman–Crippen LogP) is 3.80. The van der Waals surface area contributed by atoms with Gasteiger partial charge >= 0.3 is 0 Å². The normalized spacial score (nSPS) is 11.6. The van der Waals surface area contributed by atoms with Crippen molar-refractivity contribution in [3.8, 4) is 17.6 Å². The quantitative estimate of drug-likeness (QED) is 0.691. The van der Waals surface area contributed by atoms with Crippen LogP contribution in [0, 0.1) is 11.8 Å². The minimum Gasteiger partial charge on any atom is -0.497 e. The van der Waals surface area contributed by atoms with E-state index in [9.17, 15) is 0 Å². The van der Waals surface area contributed by atoms with Crippen molar-refractivity contribution in [2.45, 2.75) is 52.0 Å². The SMILES string of the molecule is CC#CCCC(CCc1ccc(OC)cc1)NCCC. The van der Waals surface area contributed by atoms with Gasteiger partial charge < -0.3 is 10.1 Å². The van der Waals surface area contributed by atoms with Gasteiger partial charge in [0.15, 0.2) is 0 Å². The van der Waals surface area contributed by atoms with Crippen molar-refractivity contribution in [1.82, 2.24) is 5.32 Å². The number of aryl methyl sites for hydroxylation is 1. The fourth-order valence-corrected chi connectivity index (χ4v) is 2.20. The molecule has 0 heterocycles. The van der Waals surface area contributed by atoms with E-state index in [0.717, 1.165) is 38.0 Å². The van der Waals surface area contributed by atoms with Gasteiger partial charge in [-0.25, -0.2) is 0 Å². The van der Waals surface area contributed by atoms with Crippen LogP contribution in [0.3, 0.4) is 0 Å². The molecule has 1 rings (SSSR count). The molecule has 0 aliphatic rings. The number of rotatable bonds is 9. The second kappa shape index (κ2) is 10.3. The fourth-order valence-electron chi connectivity index (χ4n) is 2.20. The third kappa shape index (κ3) is 6.63. The second-order valence-corrected chi connectivity index (χ2v) is 5.00. The summed E-state index contributed by atoms with van der Waals surface area (Å²) in [5.41, 5.74) is 1.37. The molecule has 1 atom stereocenters. The van der Waals surface area contributed by atoms with Crippen LogP contribution in [0.25, 0.3) is 0 Å². The highest BCUT2D eigenvalue weighted by molar-refractivity contribution is 5.27. The summed E-state index contributed by atoms with van der Waals surface area (Å²) >= 11 is 0. The monoisotopic (exact) mass is 273 g/mol. The standard InChI is InChI=1S/C18H27NO/c1-4-6-7-8-17(19-15-5-2)12-9-16-10-13-18(20-3)14-11-16/h10-11,13-14,17,19H,5,7-9,12,15H2,1-3H3. The van der Waals surface area contributed by atoms with Crippen molar-refractivity contribution >= 4 is 0 Å². The molecule has 0 aliphatic carbocycles. The highest BCUT2D eigenvalue weighted by Crippen LogP contribution is 2.14. The van der Waals surface area contributed by atoms with E-state index >= 15 is 0 Å². The van der Waals surface area contributed by atoms with Gasteiger partial charge in [0.1, 0.15) is 5.75 Å². The van der Waals surface area contributed by atoms with Crippen molar-refractivity contribution in [1.29, 1.82) is 0 Å². The Morgan fingerprint density at radius 1 is 1.20 bits per heavy atom. The van der Waals surface area contributed by atoms with Gasteiger partial charge in [-0.15, -0.1) is 11.8 Å². The molecule has 0 saturated heterocycles. The van der Waals surface area contributed by atoms with E-state index in [4.69, 9.17) is 4.74 Å². The second-order valence-electron chi connectivity index (χ2n) is 5.00. The molecule has 0 saturated carbocycles. The van der Waals surface area contributed by atoms with Gasteiger partial charge in [0, 0.05) is 12.5 Å². The molecule has 0 radical (unpaired) electrons. The zero-order valence-electron chi connectivity index (χ0n) is 13.0. The molecular formula is C18H27NO. The first-order valence-electron chi connectivity index (χ1n) is 7.56. The number of benzene rings is 1. The van der Waals surface area contributed by atoms with Crippen molar-refractivity contribution in [3.05, 3.63) is 29.8 Å². The van der Waals surface area contributed by atoms with Crippen LogP contribution in [0.1, 0.15) is 45.1 Å². The maximum absolute atomic E-state index is 5.19. The van der Waals surface area contributed by atoms with Gasteiger partial charge in [0.05, 0.1) is 7.11 Å². The first-order chi connectivity index (χ1) is 9.80. The van der Waals surface area contributed by atoms with E-state index in [1.54, 1.807) is 7.11 Å². The summed E-state index contributed by atoms with van der Waals surface area (Å²) in [6.07, 6.45) is 5.57. The van der Waals surface area contributed by atoms with E-state index in [1.165, 1.54) is 12.0 Å². The number of nitrogens with one attached hydrogen (secondary N) is 1. The highest BCUT2D eigenvalue weighted by atomic mass is 16.5. The third-order valence-electron chi connectivity index (χ3n) is 3.42. The number of hydrogen-bond acceptors (Lipinski definition) is 2. The summed E-state index contributed by atoms with van der Waals surface area (Å²) < 4.78 is 5.19. The predicted molar refractivity (Wildman–Crippen MR) is 86.1 cm³/mol. The Kier molecular flexibility index (Phi) is 8.58. The van der Waals surface area contributed by atoms with E-state index in [0.29, 0.717) is 6.04 Å². The maximum atomic E-state index is 5.19. The van der Waals surface area contributed by atoms with Crippen LogP contribution < -0.4 is 10.1 Å². The number of hydrogen-bond donors (Lipinski definition) is 1. The molecule has 0 aromatic heterocycles. The molecule has 20 heavy (non-hydrogen) atoms. The van der Waals surface area contributed by atoms with Crippen LogP contribution in [0.4, 0.5) is 0 Å². The average molecular weight is 273 g/mol. The van der Waals surface area contributed by atoms with Crippen molar-refractivity contribution in [2.24, 2.45) is 0 Å². The molecular weight excluding hydrogens is 246 g/mol. The van der Waals surface area contributed by atoms with Gasteiger partial charge in [-0.1, -0.05) is 19.1 Å². The van der Waals surface area contributed by atoms with Crippen LogP contribution in [0.5, 0.6) is 5.75 Å². The van der Waals surface area contributed by atoms with Gasteiger partial charge in [-0.2, -0.15) is 0 Å². The highest BCUT2D eigenvalue weighted by Gasteiger charge is 2.07. The van der Waals surface area contributed by atoms with E-state index < -0.39 is 0 Å². The first-order valence-corrected chi connectivity index (χ1v) is 7.56. The minimum atomic E-state index is 0.568. The van der Waals surface area contributed by atoms with Crippen molar-refractivity contribution < 1.29 is 4.74 Å². The van der Waals surface area contributed by atoms with E-state index in [-0.39, 0.29) is 0 Å². The van der Waals surface area contributed by atoms with Crippen LogP contribution in [-0.2, 0) is 6.42 Å². The third-order valence-corrected chi connectivity index (χ3v) is 3.42. The lowest BCUT2D eigenvalue weighted by molar-refractivity contribution is 0.414. The molecule has 2 heteroatoms. The van der Waals surface area contributed by atoms with E-state index in [2.05, 4.69) is 36.2 Å². The molecule has 1 aromatic carbocycles. The minimum absolute atomic E-state index is 0.568. The fraction of sp³-hybridized carbons (Fsp3) is 0.556. The van der Waals surface area contributed by atoms with E-state index in [1.807, 2.05) is 19.1 Å². The Morgan fingerprint density at radius 3 is 2.55 bits per heavy atom. The van der Waals surface area contributed by atoms with Crippen LogP contribution in [0.2, 0.25) is 0 Å². The van der Waals surface area contributed by atoms with Gasteiger partial charge in [-0.3, -0.25) is 0 Å². The lowest BCUT2D eigenvalue weighted by atomic mass is 10.0. The molecule has 1 aromatic rings. The molecule has 110 valence electrons. The Bertz CT molecular complexity index is 413. The Balaban J connectivity index is 2.43. The zero-order chi connectivity index (χ0) is 14.6. The Labute approximate surface area is 123 Å². The first kappa shape index (κ1) is 16.6. The number of methoxy groups -OCH3 is 1. The molecule has 0 spiro atoms. The van der Waals surface area contributed by atoms with Crippen LogP contribution in [-0.4, -0.2) is 19.7 Å². The van der Waals surface area contributed by atoms with Crippen molar-refractivity contribution in [3.63, 3.8) is 0 Å². The molecule has 1 N–H and O–H groups in total. The lowest BCUT2D eigenvalue weighted by Gasteiger charge is -2.17. The summed E-state index contributed by atoms with van der Waals surface area (Å²) in [6, 6.07) is 8.94. The summed E-state index contributed by atoms with van der Waals surface area (Å²) in [5.74, 6) is 7.06. The topological polar surface area (TPSA) is 21.3 Å². The van der Waals surface area contributed by atoms with Gasteiger partial charge in [0.25, 0.3) is 0 Å². The Hall–Kier alpha value is -1.46. The molecule has 0 amide bonds. The molecule has 2 nitrogen and oxygen atoms in total. The maximum Gasteiger partial charge on any atom is 0.118 e. The summed E-state index contributed by atoms with van der Waals surface area (Å²) in [6.45, 7) is 5.21. The summed E-state index contributed by atoms with van der Waals surface area (Å²) in [7, 11) is 1.70. The zero-order valence-corrected chi connectivity index (χ0v) is 13.0. The van der Waals surface area contributed by atoms with Crippen molar-refractivity contribution in [2.75, 3.05) is 13.7 Å². The lowest BCUT2D eigenvalue weighted by Crippen LogP contribution is -2.30. The summed E-state index contributed by atoms with van der Waals surface area (Å²) in [4.78, 5) is 0. The molecule has 1 unspecified atom stereocenters. The average Bonchev–Trinajstić information content (AvgIpc) is 2.50. The molecule has 0 bridgehead atoms. The van der Waals surface area contributed by atoms with Gasteiger partial charge in [0.2, 0.25) is 0 Å². The molecule has 0 fully saturated rings. The van der Waals surface area contributed by atoms with Crippen LogP contribution in [0.15, 0.2) is 24.3 Å². The smallest absolute Gasteiger partial charge is 0.118 e. The Morgan fingerprint density at radius 2 is 1.95 bits per heavy atom. The van der Waals surface area contributed by atoms with Crippen LogP contribution >= 0.6 is 0 Å². The van der Waals surface area contributed by atoms with Gasteiger partial charge in [-0.05, 0) is 56.8 Å².